The van der Waals surface area contributed by atoms with Gasteiger partial charge in [0.2, 0.25) is 0 Å². The summed E-state index contributed by atoms with van der Waals surface area (Å²) in [5.74, 6) is -1.52. The molecule has 0 fully saturated rings. The number of aliphatic hydroxyl groups excluding tert-OH is 2. The molecule has 2 unspecified atom stereocenters. The second-order valence-corrected chi connectivity index (χ2v) is 10.7. The highest BCUT2D eigenvalue weighted by atomic mass is 32.2. The van der Waals surface area contributed by atoms with Gasteiger partial charge in [-0.15, -0.1) is 0 Å². The van der Waals surface area contributed by atoms with Gasteiger partial charge >= 0.3 is 6.03 Å². The molecular weight excluding hydrogens is 473 g/mol. The van der Waals surface area contributed by atoms with Crippen molar-refractivity contribution in [2.45, 2.75) is 30.7 Å². The number of amides is 2. The number of nitrogens with one attached hydrogen (secondary N) is 1. The Morgan fingerprint density at radius 2 is 2.06 bits per heavy atom. The van der Waals surface area contributed by atoms with E-state index in [9.17, 15) is 27.5 Å². The number of fused-ring (bicyclic) bond motifs is 1. The lowest BCUT2D eigenvalue weighted by molar-refractivity contribution is -0.131. The topological polar surface area (TPSA) is 158 Å². The van der Waals surface area contributed by atoms with Gasteiger partial charge in [0, 0.05) is 41.9 Å². The van der Waals surface area contributed by atoms with Gasteiger partial charge in [-0.1, -0.05) is 0 Å². The van der Waals surface area contributed by atoms with E-state index in [0.29, 0.717) is 11.3 Å². The Kier molecular flexibility index (Phi) is 7.31. The molecule has 1 aliphatic heterocycles. The molecule has 11 nitrogen and oxygen atoms in total. The number of aromatic nitrogens is 1. The molecular formula is C21H26FN3O8S. The monoisotopic (exact) mass is 499 g/mol. The van der Waals surface area contributed by atoms with Crippen molar-refractivity contribution in [3.05, 3.63) is 42.0 Å². The molecule has 0 saturated carbocycles. The van der Waals surface area contributed by atoms with Crippen LogP contribution in [-0.4, -0.2) is 82.1 Å². The predicted molar refractivity (Wildman–Crippen MR) is 117 cm³/mol. The van der Waals surface area contributed by atoms with Crippen molar-refractivity contribution in [1.82, 2.24) is 14.9 Å². The van der Waals surface area contributed by atoms with Crippen LogP contribution in [0.1, 0.15) is 19.0 Å². The van der Waals surface area contributed by atoms with Gasteiger partial charge < -0.3 is 19.8 Å². The van der Waals surface area contributed by atoms with Crippen LogP contribution in [0.4, 0.5) is 9.18 Å². The summed E-state index contributed by atoms with van der Waals surface area (Å²) >= 11 is 0. The average molecular weight is 500 g/mol. The smallest absolute Gasteiger partial charge is 0.328 e. The van der Waals surface area contributed by atoms with Crippen LogP contribution in [-0.2, 0) is 21.2 Å². The molecule has 186 valence electrons. The van der Waals surface area contributed by atoms with Crippen molar-refractivity contribution in [1.29, 1.82) is 0 Å². The highest BCUT2D eigenvalue weighted by Crippen LogP contribution is 2.31. The Hall–Kier alpha value is -3.00. The Morgan fingerprint density at radius 1 is 1.35 bits per heavy atom. The fourth-order valence-corrected chi connectivity index (χ4v) is 4.39. The fraction of sp³-hybridized carbons (Fsp3) is 0.429. The first-order chi connectivity index (χ1) is 15.9. The summed E-state index contributed by atoms with van der Waals surface area (Å²) in [4.78, 5) is 26.1. The molecule has 4 N–H and O–H groups in total. The number of hydrogen-bond acceptors (Lipinski definition) is 8. The molecule has 1 aromatic carbocycles. The third-order valence-electron chi connectivity index (χ3n) is 5.89. The SMILES string of the molecule is CC(CCN1Cc2cc(-c3ccc(OCC(O)CO)cc3F)cn2C1=O)(C(=O)NO)S(C)(=O)=O. The molecule has 3 rings (SSSR count). The number of halogens is 1. The Morgan fingerprint density at radius 3 is 2.62 bits per heavy atom. The van der Waals surface area contributed by atoms with Crippen molar-refractivity contribution in [2.75, 3.05) is 26.0 Å². The number of ether oxygens (including phenoxy) is 1. The van der Waals surface area contributed by atoms with E-state index in [2.05, 4.69) is 0 Å². The lowest BCUT2D eigenvalue weighted by atomic mass is 10.1. The molecule has 2 atom stereocenters. The molecule has 2 heterocycles. The Labute approximate surface area is 195 Å². The summed E-state index contributed by atoms with van der Waals surface area (Å²) in [7, 11) is -3.90. The highest BCUT2D eigenvalue weighted by Gasteiger charge is 2.44. The number of rotatable bonds is 10. The number of carbonyl (C=O) groups excluding carboxylic acids is 2. The first-order valence-electron chi connectivity index (χ1n) is 10.3. The zero-order chi connectivity index (χ0) is 25.3. The van der Waals surface area contributed by atoms with E-state index in [1.807, 2.05) is 0 Å². The summed E-state index contributed by atoms with van der Waals surface area (Å²) in [6.45, 7) is 0.560. The molecule has 0 spiro atoms. The number of hydrogen-bond donors (Lipinski definition) is 4. The molecule has 13 heteroatoms. The van der Waals surface area contributed by atoms with Crippen LogP contribution >= 0.6 is 0 Å². The summed E-state index contributed by atoms with van der Waals surface area (Å²) in [6.07, 6.45) is 1.02. The minimum atomic E-state index is -3.90. The van der Waals surface area contributed by atoms with Gasteiger partial charge in [-0.25, -0.2) is 23.1 Å². The van der Waals surface area contributed by atoms with Crippen LogP contribution in [0.25, 0.3) is 11.1 Å². The third-order valence-corrected chi connectivity index (χ3v) is 7.92. The standard InChI is InChI=1S/C21H26FN3O8S/c1-21(19(28)23-30,34(2,31)32)5-6-24-10-14-7-13(9-25(14)20(24)29)17-4-3-16(8-18(17)22)33-12-15(27)11-26/h3-4,7-9,15,26-27,30H,5-6,10-12H2,1-2H3,(H,23,28). The van der Waals surface area contributed by atoms with Gasteiger partial charge in [0.25, 0.3) is 5.91 Å². The zero-order valence-corrected chi connectivity index (χ0v) is 19.4. The maximum atomic E-state index is 14.6. The number of carbonyl (C=O) groups is 2. The minimum absolute atomic E-state index is 0.0626. The Bertz CT molecular complexity index is 1200. The molecule has 1 aromatic heterocycles. The Balaban J connectivity index is 1.72. The van der Waals surface area contributed by atoms with Crippen molar-refractivity contribution >= 4 is 21.8 Å². The predicted octanol–water partition coefficient (Wildman–Crippen LogP) is 0.509. The van der Waals surface area contributed by atoms with E-state index >= 15 is 0 Å². The third kappa shape index (κ3) is 4.92. The van der Waals surface area contributed by atoms with Crippen LogP contribution in [0, 0.1) is 5.82 Å². The highest BCUT2D eigenvalue weighted by molar-refractivity contribution is 7.92. The van der Waals surface area contributed by atoms with Gasteiger partial charge in [-0.3, -0.25) is 14.6 Å². The maximum Gasteiger partial charge on any atom is 0.328 e. The largest absolute Gasteiger partial charge is 0.491 e. The zero-order valence-electron chi connectivity index (χ0n) is 18.6. The first kappa shape index (κ1) is 25.6. The lowest BCUT2D eigenvalue weighted by Crippen LogP contribution is -2.50. The summed E-state index contributed by atoms with van der Waals surface area (Å²) in [5, 5.41) is 27.1. The first-order valence-corrected chi connectivity index (χ1v) is 12.2. The fourth-order valence-electron chi connectivity index (χ4n) is 3.54. The minimum Gasteiger partial charge on any atom is -0.491 e. The normalized spacial score (nSPS) is 16.2. The molecule has 1 aliphatic rings. The second kappa shape index (κ2) is 9.70. The number of hydroxylamine groups is 1. The van der Waals surface area contributed by atoms with Gasteiger partial charge in [0.1, 0.15) is 24.3 Å². The van der Waals surface area contributed by atoms with Gasteiger partial charge in [-0.05, 0) is 31.5 Å². The van der Waals surface area contributed by atoms with E-state index in [-0.39, 0.29) is 37.4 Å². The average Bonchev–Trinajstić information content (AvgIpc) is 3.33. The van der Waals surface area contributed by atoms with E-state index in [0.717, 1.165) is 12.3 Å². The lowest BCUT2D eigenvalue weighted by Gasteiger charge is -2.27. The molecule has 2 aromatic rings. The van der Waals surface area contributed by atoms with E-state index in [1.165, 1.54) is 40.2 Å². The number of benzene rings is 1. The molecule has 34 heavy (non-hydrogen) atoms. The molecule has 0 bridgehead atoms. The summed E-state index contributed by atoms with van der Waals surface area (Å²) < 4.78 is 43.5. The molecule has 0 radical (unpaired) electrons. The summed E-state index contributed by atoms with van der Waals surface area (Å²) in [6, 6.07) is 5.27. The van der Waals surface area contributed by atoms with E-state index < -0.39 is 45.1 Å². The van der Waals surface area contributed by atoms with Crippen LogP contribution in [0.3, 0.4) is 0 Å². The number of aliphatic hydroxyl groups is 2. The van der Waals surface area contributed by atoms with Crippen molar-refractivity contribution in [3.8, 4) is 16.9 Å². The van der Waals surface area contributed by atoms with E-state index in [1.54, 1.807) is 6.07 Å². The van der Waals surface area contributed by atoms with Crippen LogP contribution < -0.4 is 10.2 Å². The van der Waals surface area contributed by atoms with Gasteiger partial charge in [-0.2, -0.15) is 0 Å². The van der Waals surface area contributed by atoms with Crippen LogP contribution in [0.2, 0.25) is 0 Å². The number of nitrogens with zero attached hydrogens (tertiary/aromatic N) is 2. The van der Waals surface area contributed by atoms with Crippen molar-refractivity contribution in [2.24, 2.45) is 0 Å². The molecule has 0 saturated heterocycles. The van der Waals surface area contributed by atoms with E-state index in [4.69, 9.17) is 15.1 Å². The van der Waals surface area contributed by atoms with Crippen molar-refractivity contribution in [3.63, 3.8) is 0 Å². The number of sulfone groups is 1. The summed E-state index contributed by atoms with van der Waals surface area (Å²) in [5.41, 5.74) is 2.59. The van der Waals surface area contributed by atoms with Gasteiger partial charge in [0.15, 0.2) is 14.6 Å². The van der Waals surface area contributed by atoms with Crippen LogP contribution in [0.15, 0.2) is 30.5 Å². The maximum absolute atomic E-state index is 14.6. The van der Waals surface area contributed by atoms with Crippen molar-refractivity contribution < 1.29 is 42.6 Å². The second-order valence-electron chi connectivity index (χ2n) is 8.28. The van der Waals surface area contributed by atoms with Gasteiger partial charge in [0.05, 0.1) is 13.2 Å². The van der Waals surface area contributed by atoms with Crippen LogP contribution in [0.5, 0.6) is 5.75 Å². The molecule has 0 aliphatic carbocycles. The molecule has 2 amide bonds. The quantitative estimate of drug-likeness (QED) is 0.272.